The van der Waals surface area contributed by atoms with E-state index in [1.165, 1.54) is 5.56 Å². The number of imidazole rings is 1. The topological polar surface area (TPSA) is 46.8 Å². The highest BCUT2D eigenvalue weighted by Crippen LogP contribution is 2.26. The standard InChI is InChI=1S/C18H21Cl2N5S/c19-6-8-24(9-7-20)10-11-25-14-23-16-17(25)21-13-22-18(16)26-12-15-4-2-1-3-5-15/h1-5,13-14H,6-12H2. The van der Waals surface area contributed by atoms with Crippen molar-refractivity contribution in [1.82, 2.24) is 24.4 Å². The van der Waals surface area contributed by atoms with Gasteiger partial charge >= 0.3 is 0 Å². The van der Waals surface area contributed by atoms with Crippen LogP contribution in [0.25, 0.3) is 11.2 Å². The van der Waals surface area contributed by atoms with Gasteiger partial charge in [-0.1, -0.05) is 42.1 Å². The molecule has 0 fully saturated rings. The van der Waals surface area contributed by atoms with E-state index < -0.39 is 0 Å². The minimum absolute atomic E-state index is 0.601. The number of hydrogen-bond donors (Lipinski definition) is 0. The van der Waals surface area contributed by atoms with Crippen molar-refractivity contribution < 1.29 is 0 Å². The maximum atomic E-state index is 5.87. The lowest BCUT2D eigenvalue weighted by atomic mass is 10.2. The fraction of sp³-hybridized carbons (Fsp3) is 0.389. The molecule has 0 aliphatic rings. The van der Waals surface area contributed by atoms with Crippen molar-refractivity contribution in [2.75, 3.05) is 31.4 Å². The largest absolute Gasteiger partial charge is 0.314 e. The molecule has 2 aromatic heterocycles. The molecule has 5 nitrogen and oxygen atoms in total. The fourth-order valence-corrected chi connectivity index (χ4v) is 4.05. The Morgan fingerprint density at radius 3 is 2.46 bits per heavy atom. The highest BCUT2D eigenvalue weighted by molar-refractivity contribution is 7.98. The van der Waals surface area contributed by atoms with Crippen LogP contribution in [-0.4, -0.2) is 55.8 Å². The average Bonchev–Trinajstić information content (AvgIpc) is 3.09. The van der Waals surface area contributed by atoms with Crippen molar-refractivity contribution >= 4 is 46.1 Å². The maximum Gasteiger partial charge on any atom is 0.164 e. The summed E-state index contributed by atoms with van der Waals surface area (Å²) in [5, 5.41) is 0.913. The van der Waals surface area contributed by atoms with Gasteiger partial charge in [-0.25, -0.2) is 15.0 Å². The first-order chi connectivity index (χ1) is 12.8. The first kappa shape index (κ1) is 19.4. The number of nitrogens with zero attached hydrogens (tertiary/aromatic N) is 5. The van der Waals surface area contributed by atoms with E-state index in [4.69, 9.17) is 23.2 Å². The van der Waals surface area contributed by atoms with Crippen LogP contribution >= 0.6 is 35.0 Å². The third-order valence-electron chi connectivity index (χ3n) is 4.04. The van der Waals surface area contributed by atoms with Gasteiger partial charge in [0, 0.05) is 43.7 Å². The minimum atomic E-state index is 0.601. The van der Waals surface area contributed by atoms with Crippen LogP contribution in [0.4, 0.5) is 0 Å². The monoisotopic (exact) mass is 409 g/mol. The summed E-state index contributed by atoms with van der Waals surface area (Å²) in [5.74, 6) is 2.06. The molecule has 0 aliphatic carbocycles. The maximum absolute atomic E-state index is 5.87. The zero-order valence-corrected chi connectivity index (χ0v) is 16.7. The van der Waals surface area contributed by atoms with Crippen LogP contribution in [-0.2, 0) is 12.3 Å². The molecule has 0 spiro atoms. The van der Waals surface area contributed by atoms with E-state index in [0.717, 1.165) is 48.1 Å². The molecule has 0 atom stereocenters. The molecule has 2 heterocycles. The summed E-state index contributed by atoms with van der Waals surface area (Å²) in [7, 11) is 0. The van der Waals surface area contributed by atoms with Crippen LogP contribution in [0, 0.1) is 0 Å². The first-order valence-electron chi connectivity index (χ1n) is 8.48. The van der Waals surface area contributed by atoms with Gasteiger partial charge in [0.05, 0.1) is 6.33 Å². The summed E-state index contributed by atoms with van der Waals surface area (Å²) in [6.45, 7) is 3.31. The second-order valence-electron chi connectivity index (χ2n) is 5.78. The van der Waals surface area contributed by atoms with E-state index in [2.05, 4.69) is 36.6 Å². The van der Waals surface area contributed by atoms with E-state index in [9.17, 15) is 0 Å². The first-order valence-corrected chi connectivity index (χ1v) is 10.5. The molecule has 0 saturated carbocycles. The summed E-state index contributed by atoms with van der Waals surface area (Å²) in [6.07, 6.45) is 3.45. The Hall–Kier alpha value is -1.34. The fourth-order valence-electron chi connectivity index (χ4n) is 2.68. The van der Waals surface area contributed by atoms with Gasteiger partial charge < -0.3 is 4.57 Å². The Bertz CT molecular complexity index is 806. The number of thioether (sulfide) groups is 1. The van der Waals surface area contributed by atoms with Crippen LogP contribution in [0.5, 0.6) is 0 Å². The summed E-state index contributed by atoms with van der Waals surface area (Å²) >= 11 is 13.4. The number of aromatic nitrogens is 4. The highest BCUT2D eigenvalue weighted by atomic mass is 35.5. The van der Waals surface area contributed by atoms with Gasteiger partial charge in [0.15, 0.2) is 5.65 Å². The van der Waals surface area contributed by atoms with Gasteiger partial charge in [0.2, 0.25) is 0 Å². The summed E-state index contributed by atoms with van der Waals surface area (Å²) < 4.78 is 2.07. The van der Waals surface area contributed by atoms with Crippen LogP contribution in [0.1, 0.15) is 5.56 Å². The Balaban J connectivity index is 1.69. The van der Waals surface area contributed by atoms with Crippen LogP contribution in [0.15, 0.2) is 48.0 Å². The van der Waals surface area contributed by atoms with Crippen molar-refractivity contribution in [3.05, 3.63) is 48.5 Å². The van der Waals surface area contributed by atoms with Gasteiger partial charge in [-0.2, -0.15) is 0 Å². The van der Waals surface area contributed by atoms with Crippen molar-refractivity contribution in [1.29, 1.82) is 0 Å². The predicted molar refractivity (Wildman–Crippen MR) is 109 cm³/mol. The van der Waals surface area contributed by atoms with E-state index in [1.54, 1.807) is 18.1 Å². The Kier molecular flexibility index (Phi) is 7.55. The van der Waals surface area contributed by atoms with E-state index in [-0.39, 0.29) is 0 Å². The lowest BCUT2D eigenvalue weighted by Gasteiger charge is -2.20. The van der Waals surface area contributed by atoms with Gasteiger partial charge in [-0.3, -0.25) is 4.90 Å². The molecule has 0 unspecified atom stereocenters. The molecule has 0 amide bonds. The summed E-state index contributed by atoms with van der Waals surface area (Å²) in [5.41, 5.74) is 2.99. The molecule has 3 rings (SSSR count). The highest BCUT2D eigenvalue weighted by Gasteiger charge is 2.12. The average molecular weight is 410 g/mol. The van der Waals surface area contributed by atoms with Gasteiger partial charge in [0.25, 0.3) is 0 Å². The number of alkyl halides is 2. The Labute approximate surface area is 167 Å². The molecule has 0 bridgehead atoms. The molecule has 3 aromatic rings. The Morgan fingerprint density at radius 2 is 1.73 bits per heavy atom. The molecular weight excluding hydrogens is 389 g/mol. The van der Waals surface area contributed by atoms with Crippen molar-refractivity contribution in [2.24, 2.45) is 0 Å². The molecule has 0 radical (unpaired) electrons. The molecule has 8 heteroatoms. The van der Waals surface area contributed by atoms with Gasteiger partial charge in [0.1, 0.15) is 16.9 Å². The van der Waals surface area contributed by atoms with Crippen molar-refractivity contribution in [2.45, 2.75) is 17.3 Å². The van der Waals surface area contributed by atoms with E-state index in [1.807, 2.05) is 24.5 Å². The number of halogens is 2. The zero-order valence-electron chi connectivity index (χ0n) is 14.4. The normalized spacial score (nSPS) is 11.5. The molecule has 26 heavy (non-hydrogen) atoms. The van der Waals surface area contributed by atoms with E-state index in [0.29, 0.717) is 11.8 Å². The number of benzene rings is 1. The quantitative estimate of drug-likeness (QED) is 0.288. The molecule has 1 aromatic carbocycles. The number of fused-ring (bicyclic) bond motifs is 1. The third-order valence-corrected chi connectivity index (χ3v) is 5.43. The predicted octanol–water partition coefficient (Wildman–Crippen LogP) is 3.90. The summed E-state index contributed by atoms with van der Waals surface area (Å²) in [4.78, 5) is 15.6. The lowest BCUT2D eigenvalue weighted by Crippen LogP contribution is -2.31. The van der Waals surface area contributed by atoms with Crippen molar-refractivity contribution in [3.8, 4) is 0 Å². The third kappa shape index (κ3) is 5.10. The molecule has 0 aliphatic heterocycles. The van der Waals surface area contributed by atoms with Crippen LogP contribution in [0.2, 0.25) is 0 Å². The molecule has 0 saturated heterocycles. The minimum Gasteiger partial charge on any atom is -0.314 e. The van der Waals surface area contributed by atoms with E-state index >= 15 is 0 Å². The molecule has 138 valence electrons. The lowest BCUT2D eigenvalue weighted by molar-refractivity contribution is 0.295. The van der Waals surface area contributed by atoms with Gasteiger partial charge in [-0.05, 0) is 5.56 Å². The number of rotatable bonds is 10. The second kappa shape index (κ2) is 10.1. The smallest absolute Gasteiger partial charge is 0.164 e. The summed E-state index contributed by atoms with van der Waals surface area (Å²) in [6, 6.07) is 10.4. The molecular formula is C18H21Cl2N5S. The zero-order chi connectivity index (χ0) is 18.2. The van der Waals surface area contributed by atoms with Gasteiger partial charge in [-0.15, -0.1) is 23.2 Å². The Morgan fingerprint density at radius 1 is 0.962 bits per heavy atom. The molecule has 0 N–H and O–H groups in total. The SMILES string of the molecule is ClCCN(CCCl)CCn1cnc2c(SCc3ccccc3)ncnc21. The second-order valence-corrected chi connectivity index (χ2v) is 7.50. The van der Waals surface area contributed by atoms with Crippen LogP contribution < -0.4 is 0 Å². The van der Waals surface area contributed by atoms with Crippen LogP contribution in [0.3, 0.4) is 0 Å². The van der Waals surface area contributed by atoms with Crippen molar-refractivity contribution in [3.63, 3.8) is 0 Å². The number of hydrogen-bond acceptors (Lipinski definition) is 5.